The van der Waals surface area contributed by atoms with Crippen LogP contribution in [0.1, 0.15) is 11.1 Å². The van der Waals surface area contributed by atoms with Crippen LogP contribution in [0.15, 0.2) is 85.2 Å². The maximum Gasteiger partial charge on any atom is 0.311 e. The van der Waals surface area contributed by atoms with Crippen molar-refractivity contribution in [2.45, 2.75) is 13.8 Å². The molecule has 32 heavy (non-hydrogen) atoms. The summed E-state index contributed by atoms with van der Waals surface area (Å²) >= 11 is 0. The van der Waals surface area contributed by atoms with Crippen LogP contribution < -0.4 is 16.4 Å². The van der Waals surface area contributed by atoms with Gasteiger partial charge in [0.1, 0.15) is 0 Å². The summed E-state index contributed by atoms with van der Waals surface area (Å²) in [6.07, 6.45) is 3.24. The van der Waals surface area contributed by atoms with Crippen LogP contribution in [-0.4, -0.2) is 14.9 Å². The molecule has 4 N–H and O–H groups in total. The summed E-state index contributed by atoms with van der Waals surface area (Å²) in [6.45, 7) is 4.00. The Morgan fingerprint density at radius 3 is 1.84 bits per heavy atom. The minimum Gasteiger partial charge on any atom is -0.396 e. The Bertz CT molecular complexity index is 1210. The third kappa shape index (κ3) is 6.27. The van der Waals surface area contributed by atoms with Crippen LogP contribution in [0.5, 0.6) is 0 Å². The average Bonchev–Trinajstić information content (AvgIpc) is 2.76. The molecule has 8 heteroatoms. The Kier molecular flexibility index (Phi) is 7.32. The lowest BCUT2D eigenvalue weighted by molar-refractivity contribution is -0.384. The minimum absolute atomic E-state index is 0.0333. The summed E-state index contributed by atoms with van der Waals surface area (Å²) < 4.78 is 0. The highest BCUT2D eigenvalue weighted by Crippen LogP contribution is 2.24. The highest BCUT2D eigenvalue weighted by Gasteiger charge is 2.13. The molecular formula is C24H24N6O2. The number of nitrogens with two attached hydrogens (primary N) is 1. The van der Waals surface area contributed by atoms with Gasteiger partial charge in [-0.25, -0.2) is 9.97 Å². The number of aryl methyl sites for hydroxylation is 2. The third-order valence-electron chi connectivity index (χ3n) is 4.38. The fourth-order valence-corrected chi connectivity index (χ4v) is 2.88. The second-order valence-corrected chi connectivity index (χ2v) is 7.06. The minimum atomic E-state index is -0.453. The van der Waals surface area contributed by atoms with Gasteiger partial charge in [-0.2, -0.15) is 0 Å². The van der Waals surface area contributed by atoms with E-state index in [0.717, 1.165) is 16.9 Å². The topological polar surface area (TPSA) is 119 Å². The lowest BCUT2D eigenvalue weighted by Gasteiger charge is -2.07. The second kappa shape index (κ2) is 10.5. The number of nitrogens with zero attached hydrogens (tertiary/aromatic N) is 3. The summed E-state index contributed by atoms with van der Waals surface area (Å²) in [5, 5.41) is 16.9. The van der Waals surface area contributed by atoms with Gasteiger partial charge in [0.05, 0.1) is 10.6 Å². The van der Waals surface area contributed by atoms with Gasteiger partial charge in [-0.05, 0) is 67.4 Å². The second-order valence-electron chi connectivity index (χ2n) is 7.06. The van der Waals surface area contributed by atoms with E-state index in [-0.39, 0.29) is 11.5 Å². The standard InChI is InChI=1S/C12H11N3O2.C12H13N3/c1-9-4-2-5-10(8-9)14-12-11(15(16)17)6-3-7-13-12;1-9-4-2-5-10(8-9)15-12-11(13)6-3-7-14-12/h2-8H,1H3,(H,13,14);2-8H,13H2,1H3,(H,14,15). The normalized spacial score (nSPS) is 9.94. The molecule has 162 valence electrons. The molecule has 0 spiro atoms. The molecule has 2 aromatic carbocycles. The van der Waals surface area contributed by atoms with Crippen LogP contribution in [0, 0.1) is 24.0 Å². The van der Waals surface area contributed by atoms with E-state index in [4.69, 9.17) is 5.73 Å². The molecule has 0 saturated carbocycles. The van der Waals surface area contributed by atoms with Crippen molar-refractivity contribution in [3.8, 4) is 0 Å². The van der Waals surface area contributed by atoms with Crippen molar-refractivity contribution in [3.63, 3.8) is 0 Å². The number of hydrogen-bond donors (Lipinski definition) is 3. The smallest absolute Gasteiger partial charge is 0.311 e. The van der Waals surface area contributed by atoms with Gasteiger partial charge in [0.2, 0.25) is 5.82 Å². The lowest BCUT2D eigenvalue weighted by atomic mass is 10.2. The van der Waals surface area contributed by atoms with Crippen LogP contribution in [0.3, 0.4) is 0 Å². The van der Waals surface area contributed by atoms with Crippen LogP contribution in [0.4, 0.5) is 34.4 Å². The van der Waals surface area contributed by atoms with E-state index in [9.17, 15) is 10.1 Å². The molecular weight excluding hydrogens is 404 g/mol. The number of nitrogens with one attached hydrogen (secondary N) is 2. The largest absolute Gasteiger partial charge is 0.396 e. The van der Waals surface area contributed by atoms with Gasteiger partial charge < -0.3 is 16.4 Å². The maximum absolute atomic E-state index is 10.8. The number of hydrogen-bond acceptors (Lipinski definition) is 7. The SMILES string of the molecule is Cc1cccc(Nc2ncccc2N)c1.Cc1cccc(Nc2ncccc2[N+](=O)[O-])c1. The van der Waals surface area contributed by atoms with Crippen LogP contribution in [-0.2, 0) is 0 Å². The number of benzene rings is 2. The predicted molar refractivity (Wildman–Crippen MR) is 128 cm³/mol. The molecule has 0 radical (unpaired) electrons. The van der Waals surface area contributed by atoms with Crippen molar-refractivity contribution in [1.29, 1.82) is 0 Å². The molecule has 2 heterocycles. The van der Waals surface area contributed by atoms with Gasteiger partial charge in [-0.15, -0.1) is 0 Å². The maximum atomic E-state index is 10.8. The molecule has 4 aromatic rings. The fourth-order valence-electron chi connectivity index (χ4n) is 2.88. The Hall–Kier alpha value is -4.46. The number of pyridine rings is 2. The summed E-state index contributed by atoms with van der Waals surface area (Å²) in [4.78, 5) is 18.5. The number of nitrogen functional groups attached to an aromatic ring is 1. The zero-order valence-electron chi connectivity index (χ0n) is 17.8. The Balaban J connectivity index is 0.000000182. The Morgan fingerprint density at radius 1 is 0.781 bits per heavy atom. The molecule has 0 atom stereocenters. The summed E-state index contributed by atoms with van der Waals surface area (Å²) in [6, 6.07) is 22.3. The van der Waals surface area contributed by atoms with Crippen molar-refractivity contribution in [2.24, 2.45) is 0 Å². The van der Waals surface area contributed by atoms with E-state index in [1.807, 2.05) is 74.5 Å². The molecule has 0 aliphatic rings. The Morgan fingerprint density at radius 2 is 1.31 bits per heavy atom. The molecule has 4 rings (SSSR count). The fraction of sp³-hybridized carbons (Fsp3) is 0.0833. The number of aromatic nitrogens is 2. The van der Waals surface area contributed by atoms with Crippen LogP contribution >= 0.6 is 0 Å². The van der Waals surface area contributed by atoms with Gasteiger partial charge in [0, 0.05) is 29.8 Å². The number of rotatable bonds is 5. The quantitative estimate of drug-likeness (QED) is 0.273. The van der Waals surface area contributed by atoms with Crippen molar-refractivity contribution in [2.75, 3.05) is 16.4 Å². The van der Waals surface area contributed by atoms with E-state index in [2.05, 4.69) is 20.6 Å². The summed E-state index contributed by atoms with van der Waals surface area (Å²) in [5.41, 5.74) is 10.5. The molecule has 8 nitrogen and oxygen atoms in total. The first-order valence-corrected chi connectivity index (χ1v) is 9.89. The van der Waals surface area contributed by atoms with Crippen molar-refractivity contribution < 1.29 is 4.92 Å². The summed E-state index contributed by atoms with van der Waals surface area (Å²) in [5.74, 6) is 0.950. The van der Waals surface area contributed by atoms with Gasteiger partial charge in [-0.3, -0.25) is 10.1 Å². The molecule has 2 aromatic heterocycles. The van der Waals surface area contributed by atoms with Gasteiger partial charge >= 0.3 is 5.69 Å². The van der Waals surface area contributed by atoms with E-state index < -0.39 is 4.92 Å². The van der Waals surface area contributed by atoms with E-state index in [1.165, 1.54) is 17.8 Å². The molecule has 0 aliphatic heterocycles. The number of anilines is 5. The molecule has 0 amide bonds. The zero-order valence-corrected chi connectivity index (χ0v) is 17.8. The first-order valence-electron chi connectivity index (χ1n) is 9.89. The molecule has 0 aliphatic carbocycles. The highest BCUT2D eigenvalue weighted by molar-refractivity contribution is 5.68. The Labute approximate surface area is 186 Å². The first kappa shape index (κ1) is 22.2. The first-order chi connectivity index (χ1) is 15.4. The molecule has 0 bridgehead atoms. The van der Waals surface area contributed by atoms with Crippen molar-refractivity contribution in [1.82, 2.24) is 9.97 Å². The molecule has 0 unspecified atom stereocenters. The molecule has 0 saturated heterocycles. The van der Waals surface area contributed by atoms with Gasteiger partial charge in [-0.1, -0.05) is 24.3 Å². The van der Waals surface area contributed by atoms with E-state index >= 15 is 0 Å². The van der Waals surface area contributed by atoms with Crippen LogP contribution in [0.2, 0.25) is 0 Å². The van der Waals surface area contributed by atoms with Crippen molar-refractivity contribution >= 4 is 34.4 Å². The lowest BCUT2D eigenvalue weighted by Crippen LogP contribution is -1.99. The van der Waals surface area contributed by atoms with Gasteiger partial charge in [0.15, 0.2) is 5.82 Å². The van der Waals surface area contributed by atoms with Crippen molar-refractivity contribution in [3.05, 3.63) is 106 Å². The highest BCUT2D eigenvalue weighted by atomic mass is 16.6. The van der Waals surface area contributed by atoms with E-state index in [1.54, 1.807) is 12.3 Å². The third-order valence-corrected chi connectivity index (χ3v) is 4.38. The molecule has 0 fully saturated rings. The van der Waals surface area contributed by atoms with Gasteiger partial charge in [0.25, 0.3) is 0 Å². The predicted octanol–water partition coefficient (Wildman–Crippen LogP) is 5.76. The zero-order chi connectivity index (χ0) is 22.9. The summed E-state index contributed by atoms with van der Waals surface area (Å²) in [7, 11) is 0. The number of nitro groups is 1. The monoisotopic (exact) mass is 428 g/mol. The van der Waals surface area contributed by atoms with Crippen LogP contribution in [0.25, 0.3) is 0 Å². The average molecular weight is 428 g/mol. The van der Waals surface area contributed by atoms with E-state index in [0.29, 0.717) is 11.5 Å².